The second-order valence-electron chi connectivity index (χ2n) is 5.09. The second-order valence-corrected chi connectivity index (χ2v) is 5.09. The summed E-state index contributed by atoms with van der Waals surface area (Å²) >= 11 is 0. The molecule has 2 aromatic rings. The molecular weight excluding hydrogens is 250 g/mol. The predicted octanol–water partition coefficient (Wildman–Crippen LogP) is 2.80. The van der Waals surface area contributed by atoms with E-state index in [1.807, 2.05) is 18.2 Å². The second kappa shape index (κ2) is 7.60. The minimum atomic E-state index is 0.391. The molecule has 0 atom stereocenters. The average molecular weight is 271 g/mol. The van der Waals surface area contributed by atoms with Crippen LogP contribution < -0.4 is 10.1 Å². The van der Waals surface area contributed by atoms with E-state index in [4.69, 9.17) is 4.74 Å². The number of nitrogens with one attached hydrogen (secondary N) is 1. The quantitative estimate of drug-likeness (QED) is 0.841. The Labute approximate surface area is 120 Å². The fourth-order valence-corrected chi connectivity index (χ4v) is 1.83. The zero-order valence-electron chi connectivity index (χ0n) is 12.0. The fraction of sp³-hybridized carbons (Fsp3) is 0.375. The summed E-state index contributed by atoms with van der Waals surface area (Å²) in [5, 5.41) is 3.43. The van der Waals surface area contributed by atoms with Gasteiger partial charge in [0.25, 0.3) is 0 Å². The molecular formula is C16H21N3O. The Morgan fingerprint density at radius 1 is 1.10 bits per heavy atom. The van der Waals surface area contributed by atoms with Crippen LogP contribution in [0.3, 0.4) is 0 Å². The van der Waals surface area contributed by atoms with Gasteiger partial charge in [0.15, 0.2) is 5.82 Å². The first kappa shape index (κ1) is 14.5. The van der Waals surface area contributed by atoms with Crippen LogP contribution in [-0.4, -0.2) is 16.5 Å². The lowest BCUT2D eigenvalue weighted by molar-refractivity contribution is 0.292. The zero-order chi connectivity index (χ0) is 14.2. The van der Waals surface area contributed by atoms with Crippen molar-refractivity contribution in [2.24, 2.45) is 5.92 Å². The zero-order valence-corrected chi connectivity index (χ0v) is 12.0. The molecule has 2 rings (SSSR count). The van der Waals surface area contributed by atoms with Crippen molar-refractivity contribution in [3.8, 4) is 5.75 Å². The number of ether oxygens (including phenoxy) is 1. The lowest BCUT2D eigenvalue weighted by atomic mass is 10.2. The summed E-state index contributed by atoms with van der Waals surface area (Å²) in [6.07, 6.45) is 3.45. The lowest BCUT2D eigenvalue weighted by Crippen LogP contribution is -2.19. The van der Waals surface area contributed by atoms with Crippen LogP contribution in [0.5, 0.6) is 5.75 Å². The van der Waals surface area contributed by atoms with Gasteiger partial charge < -0.3 is 10.1 Å². The predicted molar refractivity (Wildman–Crippen MR) is 79.4 cm³/mol. The van der Waals surface area contributed by atoms with Gasteiger partial charge in [-0.05, 0) is 24.6 Å². The number of benzene rings is 1. The number of nitrogens with zero attached hydrogens (tertiary/aromatic N) is 2. The van der Waals surface area contributed by atoms with E-state index in [9.17, 15) is 0 Å². The number of rotatable bonds is 7. The number of para-hydroxylation sites is 1. The van der Waals surface area contributed by atoms with Gasteiger partial charge in [0, 0.05) is 24.5 Å². The Balaban J connectivity index is 1.93. The van der Waals surface area contributed by atoms with Crippen LogP contribution in [0, 0.1) is 5.92 Å². The smallest absolute Gasteiger partial charge is 0.166 e. The maximum Gasteiger partial charge on any atom is 0.166 e. The Bertz CT molecular complexity index is 514. The lowest BCUT2D eigenvalue weighted by Gasteiger charge is -2.12. The van der Waals surface area contributed by atoms with Crippen molar-refractivity contribution in [1.82, 2.24) is 15.3 Å². The van der Waals surface area contributed by atoms with E-state index in [0.29, 0.717) is 18.3 Å². The van der Waals surface area contributed by atoms with Crippen LogP contribution in [0.2, 0.25) is 0 Å². The van der Waals surface area contributed by atoms with Crippen LogP contribution in [0.15, 0.2) is 42.7 Å². The molecule has 4 heteroatoms. The molecule has 0 saturated heterocycles. The van der Waals surface area contributed by atoms with E-state index in [-0.39, 0.29) is 0 Å². The summed E-state index contributed by atoms with van der Waals surface area (Å²) < 4.78 is 5.82. The van der Waals surface area contributed by atoms with Crippen molar-refractivity contribution in [3.63, 3.8) is 0 Å². The van der Waals surface area contributed by atoms with Gasteiger partial charge in [-0.1, -0.05) is 32.0 Å². The van der Waals surface area contributed by atoms with Crippen molar-refractivity contribution in [2.45, 2.75) is 27.0 Å². The molecule has 0 aliphatic heterocycles. The molecule has 20 heavy (non-hydrogen) atoms. The van der Waals surface area contributed by atoms with Crippen LogP contribution in [0.1, 0.15) is 25.2 Å². The van der Waals surface area contributed by atoms with Gasteiger partial charge in [0.05, 0.1) is 0 Å². The third-order valence-corrected chi connectivity index (χ3v) is 2.82. The van der Waals surface area contributed by atoms with Gasteiger partial charge in [0.1, 0.15) is 12.4 Å². The van der Waals surface area contributed by atoms with E-state index in [1.54, 1.807) is 18.5 Å². The van der Waals surface area contributed by atoms with Crippen molar-refractivity contribution >= 4 is 0 Å². The van der Waals surface area contributed by atoms with Crippen LogP contribution >= 0.6 is 0 Å². The third-order valence-electron chi connectivity index (χ3n) is 2.82. The molecule has 0 radical (unpaired) electrons. The standard InChI is InChI=1S/C16H21N3O/c1-13(2)10-17-11-14-6-3-4-7-15(14)20-12-16-18-8-5-9-19-16/h3-9,13,17H,10-12H2,1-2H3. The first-order valence-electron chi connectivity index (χ1n) is 6.93. The fourth-order valence-electron chi connectivity index (χ4n) is 1.83. The summed E-state index contributed by atoms with van der Waals surface area (Å²) in [6.45, 7) is 6.59. The minimum Gasteiger partial charge on any atom is -0.485 e. The van der Waals surface area contributed by atoms with Crippen LogP contribution in [0.25, 0.3) is 0 Å². The van der Waals surface area contributed by atoms with E-state index in [2.05, 4.69) is 35.2 Å². The number of hydrogen-bond donors (Lipinski definition) is 1. The van der Waals surface area contributed by atoms with Crippen molar-refractivity contribution in [2.75, 3.05) is 6.54 Å². The monoisotopic (exact) mass is 271 g/mol. The van der Waals surface area contributed by atoms with Gasteiger partial charge in [-0.25, -0.2) is 9.97 Å². The highest BCUT2D eigenvalue weighted by Gasteiger charge is 2.04. The van der Waals surface area contributed by atoms with E-state index < -0.39 is 0 Å². The molecule has 0 fully saturated rings. The first-order chi connectivity index (χ1) is 9.75. The molecule has 0 amide bonds. The molecule has 1 aromatic heterocycles. The van der Waals surface area contributed by atoms with E-state index >= 15 is 0 Å². The highest BCUT2D eigenvalue weighted by atomic mass is 16.5. The Morgan fingerprint density at radius 3 is 2.60 bits per heavy atom. The molecule has 0 aliphatic rings. The summed E-state index contributed by atoms with van der Waals surface area (Å²) in [6, 6.07) is 9.86. The van der Waals surface area contributed by atoms with Crippen molar-refractivity contribution < 1.29 is 4.74 Å². The SMILES string of the molecule is CC(C)CNCc1ccccc1OCc1ncccn1. The molecule has 0 saturated carbocycles. The highest BCUT2D eigenvalue weighted by Crippen LogP contribution is 2.18. The molecule has 0 spiro atoms. The number of hydrogen-bond acceptors (Lipinski definition) is 4. The van der Waals surface area contributed by atoms with Gasteiger partial charge in [0.2, 0.25) is 0 Å². The first-order valence-corrected chi connectivity index (χ1v) is 6.93. The Morgan fingerprint density at radius 2 is 1.85 bits per heavy atom. The van der Waals surface area contributed by atoms with E-state index in [1.165, 1.54) is 0 Å². The van der Waals surface area contributed by atoms with Crippen molar-refractivity contribution in [3.05, 3.63) is 54.1 Å². The van der Waals surface area contributed by atoms with Crippen LogP contribution in [-0.2, 0) is 13.2 Å². The molecule has 0 bridgehead atoms. The molecule has 1 aromatic carbocycles. The minimum absolute atomic E-state index is 0.391. The maximum atomic E-state index is 5.82. The molecule has 1 heterocycles. The van der Waals surface area contributed by atoms with Gasteiger partial charge >= 0.3 is 0 Å². The van der Waals surface area contributed by atoms with Gasteiger partial charge in [-0.2, -0.15) is 0 Å². The summed E-state index contributed by atoms with van der Waals surface area (Å²) in [4.78, 5) is 8.31. The average Bonchev–Trinajstić information content (AvgIpc) is 2.47. The summed E-state index contributed by atoms with van der Waals surface area (Å²) in [5.41, 5.74) is 1.16. The molecule has 4 nitrogen and oxygen atoms in total. The molecule has 1 N–H and O–H groups in total. The molecule has 0 unspecified atom stereocenters. The third kappa shape index (κ3) is 4.63. The summed E-state index contributed by atoms with van der Waals surface area (Å²) in [5.74, 6) is 2.22. The van der Waals surface area contributed by atoms with Gasteiger partial charge in [-0.15, -0.1) is 0 Å². The number of aromatic nitrogens is 2. The molecule has 0 aliphatic carbocycles. The largest absolute Gasteiger partial charge is 0.485 e. The van der Waals surface area contributed by atoms with Crippen LogP contribution in [0.4, 0.5) is 0 Å². The Hall–Kier alpha value is -1.94. The topological polar surface area (TPSA) is 47.0 Å². The molecule has 106 valence electrons. The normalized spacial score (nSPS) is 10.8. The van der Waals surface area contributed by atoms with Crippen molar-refractivity contribution in [1.29, 1.82) is 0 Å². The maximum absolute atomic E-state index is 5.82. The highest BCUT2D eigenvalue weighted by molar-refractivity contribution is 5.33. The van der Waals surface area contributed by atoms with E-state index in [0.717, 1.165) is 24.4 Å². The Kier molecular flexibility index (Phi) is 5.50. The van der Waals surface area contributed by atoms with Gasteiger partial charge in [-0.3, -0.25) is 0 Å². The summed E-state index contributed by atoms with van der Waals surface area (Å²) in [7, 11) is 0.